The van der Waals surface area contributed by atoms with Crippen LogP contribution in [-0.4, -0.2) is 28.0 Å². The Labute approximate surface area is 126 Å². The lowest BCUT2D eigenvalue weighted by Crippen LogP contribution is -2.35. The van der Waals surface area contributed by atoms with Gasteiger partial charge in [0.05, 0.1) is 5.69 Å². The molecule has 1 aliphatic rings. The number of rotatable bonds is 2. The highest BCUT2D eigenvalue weighted by atomic mass is 15.3. The highest BCUT2D eigenvalue weighted by Crippen LogP contribution is 2.25. The van der Waals surface area contributed by atoms with E-state index in [4.69, 9.17) is 4.98 Å². The van der Waals surface area contributed by atoms with Gasteiger partial charge in [0.2, 0.25) is 5.95 Å². The maximum absolute atomic E-state index is 4.73. The Bertz CT molecular complexity index is 638. The molecule has 4 heteroatoms. The normalized spacial score (nSPS) is 18.8. The van der Waals surface area contributed by atoms with Crippen molar-refractivity contribution in [3.8, 4) is 11.1 Å². The molecule has 1 unspecified atom stereocenters. The van der Waals surface area contributed by atoms with E-state index in [2.05, 4.69) is 34.8 Å². The molecule has 110 valence electrons. The fourth-order valence-corrected chi connectivity index (χ4v) is 2.97. The number of aryl methyl sites for hydroxylation is 2. The summed E-state index contributed by atoms with van der Waals surface area (Å²) in [5.74, 6) is 1.60. The summed E-state index contributed by atoms with van der Waals surface area (Å²) in [6.07, 6.45) is 6.33. The fraction of sp³-hybridized carbons (Fsp3) is 0.471. The van der Waals surface area contributed by atoms with Gasteiger partial charge in [0.25, 0.3) is 0 Å². The molecule has 0 radical (unpaired) electrons. The lowest BCUT2D eigenvalue weighted by molar-refractivity contribution is 0.442. The number of nitrogens with zero attached hydrogens (tertiary/aromatic N) is 4. The zero-order chi connectivity index (χ0) is 14.8. The van der Waals surface area contributed by atoms with Gasteiger partial charge >= 0.3 is 0 Å². The van der Waals surface area contributed by atoms with Crippen molar-refractivity contribution in [1.82, 2.24) is 15.0 Å². The zero-order valence-corrected chi connectivity index (χ0v) is 13.0. The predicted molar refractivity (Wildman–Crippen MR) is 85.3 cm³/mol. The lowest BCUT2D eigenvalue weighted by Gasteiger charge is -2.31. The summed E-state index contributed by atoms with van der Waals surface area (Å²) in [7, 11) is 0. The van der Waals surface area contributed by atoms with Gasteiger partial charge in [-0.3, -0.25) is 4.98 Å². The third-order valence-corrected chi connectivity index (χ3v) is 4.11. The first-order valence-electron chi connectivity index (χ1n) is 7.65. The van der Waals surface area contributed by atoms with Gasteiger partial charge in [-0.2, -0.15) is 0 Å². The van der Waals surface area contributed by atoms with Crippen molar-refractivity contribution in [3.05, 3.63) is 35.9 Å². The largest absolute Gasteiger partial charge is 0.341 e. The Morgan fingerprint density at radius 3 is 2.81 bits per heavy atom. The molecule has 0 spiro atoms. The quantitative estimate of drug-likeness (QED) is 0.846. The molecule has 21 heavy (non-hydrogen) atoms. The second kappa shape index (κ2) is 5.80. The molecule has 3 rings (SSSR count). The molecule has 0 aromatic carbocycles. The first kappa shape index (κ1) is 14.0. The molecule has 1 aliphatic heterocycles. The van der Waals surface area contributed by atoms with Crippen LogP contribution in [0.15, 0.2) is 24.5 Å². The number of pyridine rings is 1. The van der Waals surface area contributed by atoms with Crippen molar-refractivity contribution in [2.24, 2.45) is 5.92 Å². The van der Waals surface area contributed by atoms with Gasteiger partial charge in [-0.1, -0.05) is 6.92 Å². The smallest absolute Gasteiger partial charge is 0.225 e. The van der Waals surface area contributed by atoms with Crippen LogP contribution in [0, 0.1) is 19.8 Å². The monoisotopic (exact) mass is 282 g/mol. The van der Waals surface area contributed by atoms with Crippen LogP contribution in [0.25, 0.3) is 11.1 Å². The molecule has 1 atom stereocenters. The van der Waals surface area contributed by atoms with E-state index >= 15 is 0 Å². The van der Waals surface area contributed by atoms with Gasteiger partial charge < -0.3 is 4.90 Å². The van der Waals surface area contributed by atoms with Gasteiger partial charge in [-0.25, -0.2) is 9.97 Å². The van der Waals surface area contributed by atoms with Crippen LogP contribution in [-0.2, 0) is 0 Å². The highest BCUT2D eigenvalue weighted by molar-refractivity contribution is 5.65. The summed E-state index contributed by atoms with van der Waals surface area (Å²) in [5.41, 5.74) is 4.28. The van der Waals surface area contributed by atoms with E-state index in [1.807, 2.05) is 25.4 Å². The Morgan fingerprint density at radius 2 is 2.10 bits per heavy atom. The van der Waals surface area contributed by atoms with Crippen LogP contribution >= 0.6 is 0 Å². The van der Waals surface area contributed by atoms with Crippen molar-refractivity contribution in [1.29, 1.82) is 0 Å². The van der Waals surface area contributed by atoms with E-state index in [0.29, 0.717) is 0 Å². The van der Waals surface area contributed by atoms with E-state index in [1.54, 1.807) is 0 Å². The molecular weight excluding hydrogens is 260 g/mol. The molecule has 0 amide bonds. The average molecular weight is 282 g/mol. The van der Waals surface area contributed by atoms with Crippen molar-refractivity contribution in [2.75, 3.05) is 18.0 Å². The van der Waals surface area contributed by atoms with Gasteiger partial charge in [-0.15, -0.1) is 0 Å². The number of piperidine rings is 1. The van der Waals surface area contributed by atoms with Crippen LogP contribution in [0.1, 0.15) is 31.2 Å². The Hall–Kier alpha value is -1.97. The molecular formula is C17H22N4. The molecule has 1 fully saturated rings. The van der Waals surface area contributed by atoms with E-state index in [9.17, 15) is 0 Å². The molecule has 4 nitrogen and oxygen atoms in total. The van der Waals surface area contributed by atoms with Gasteiger partial charge in [0, 0.05) is 36.7 Å². The van der Waals surface area contributed by atoms with Crippen LogP contribution in [0.3, 0.4) is 0 Å². The minimum atomic E-state index is 0.727. The molecule has 2 aromatic rings. The number of aromatic nitrogens is 3. The zero-order valence-electron chi connectivity index (χ0n) is 13.0. The first-order chi connectivity index (χ1) is 10.1. The summed E-state index contributed by atoms with van der Waals surface area (Å²) in [6, 6.07) is 4.09. The molecule has 0 aliphatic carbocycles. The van der Waals surface area contributed by atoms with Crippen LogP contribution < -0.4 is 4.90 Å². The van der Waals surface area contributed by atoms with E-state index < -0.39 is 0 Å². The minimum Gasteiger partial charge on any atom is -0.341 e. The van der Waals surface area contributed by atoms with Crippen molar-refractivity contribution >= 4 is 5.95 Å². The summed E-state index contributed by atoms with van der Waals surface area (Å²) >= 11 is 0. The highest BCUT2D eigenvalue weighted by Gasteiger charge is 2.19. The van der Waals surface area contributed by atoms with E-state index in [-0.39, 0.29) is 0 Å². The summed E-state index contributed by atoms with van der Waals surface area (Å²) < 4.78 is 0. The minimum absolute atomic E-state index is 0.727. The third-order valence-electron chi connectivity index (χ3n) is 4.11. The van der Waals surface area contributed by atoms with E-state index in [0.717, 1.165) is 47.5 Å². The molecule has 0 N–H and O–H groups in total. The van der Waals surface area contributed by atoms with Crippen molar-refractivity contribution < 1.29 is 0 Å². The second-order valence-corrected chi connectivity index (χ2v) is 6.05. The average Bonchev–Trinajstić information content (AvgIpc) is 2.47. The lowest BCUT2D eigenvalue weighted by atomic mass is 10.0. The standard InChI is InChI=1S/C17H22N4/c1-12-5-4-8-21(11-12)17-19-10-16(14(3)20-17)15-6-7-18-13(2)9-15/h6-7,9-10,12H,4-5,8,11H2,1-3H3. The fourth-order valence-electron chi connectivity index (χ4n) is 2.97. The molecule has 3 heterocycles. The molecule has 2 aromatic heterocycles. The Kier molecular flexibility index (Phi) is 3.86. The second-order valence-electron chi connectivity index (χ2n) is 6.05. The SMILES string of the molecule is Cc1cc(-c2cnc(N3CCCC(C)C3)nc2C)ccn1. The van der Waals surface area contributed by atoms with Gasteiger partial charge in [0.1, 0.15) is 0 Å². The van der Waals surface area contributed by atoms with Gasteiger partial charge in [0.15, 0.2) is 0 Å². The van der Waals surface area contributed by atoms with Crippen LogP contribution in [0.2, 0.25) is 0 Å². The number of hydrogen-bond donors (Lipinski definition) is 0. The maximum Gasteiger partial charge on any atom is 0.225 e. The number of anilines is 1. The van der Waals surface area contributed by atoms with Crippen molar-refractivity contribution in [2.45, 2.75) is 33.6 Å². The third kappa shape index (κ3) is 3.04. The topological polar surface area (TPSA) is 41.9 Å². The predicted octanol–water partition coefficient (Wildman–Crippen LogP) is 3.39. The van der Waals surface area contributed by atoms with Crippen LogP contribution in [0.4, 0.5) is 5.95 Å². The van der Waals surface area contributed by atoms with E-state index in [1.165, 1.54) is 12.8 Å². The molecule has 0 saturated carbocycles. The summed E-state index contributed by atoms with van der Waals surface area (Å²) in [5, 5.41) is 0. The molecule has 0 bridgehead atoms. The summed E-state index contributed by atoms with van der Waals surface area (Å²) in [4.78, 5) is 15.9. The first-order valence-corrected chi connectivity index (χ1v) is 7.65. The maximum atomic E-state index is 4.73. The van der Waals surface area contributed by atoms with Crippen LogP contribution in [0.5, 0.6) is 0 Å². The Morgan fingerprint density at radius 1 is 1.24 bits per heavy atom. The summed E-state index contributed by atoms with van der Waals surface area (Å²) in [6.45, 7) is 8.49. The molecule has 1 saturated heterocycles. The van der Waals surface area contributed by atoms with Gasteiger partial charge in [-0.05, 0) is 50.3 Å². The van der Waals surface area contributed by atoms with Crippen molar-refractivity contribution in [3.63, 3.8) is 0 Å². The number of hydrogen-bond acceptors (Lipinski definition) is 4. The Balaban J connectivity index is 1.89.